The second kappa shape index (κ2) is 9.62. The van der Waals surface area contributed by atoms with Crippen molar-refractivity contribution in [3.05, 3.63) is 64.7 Å². The van der Waals surface area contributed by atoms with Crippen LogP contribution in [0.2, 0.25) is 5.02 Å². The van der Waals surface area contributed by atoms with Gasteiger partial charge < -0.3 is 9.80 Å². The second-order valence-electron chi connectivity index (χ2n) is 7.39. The number of carbonyl (C=O) groups is 2. The van der Waals surface area contributed by atoms with Crippen molar-refractivity contribution in [1.82, 2.24) is 9.80 Å². The first-order chi connectivity index (χ1) is 14.3. The fraction of sp³-hybridized carbons (Fsp3) is 0.364. The van der Waals surface area contributed by atoms with Crippen molar-refractivity contribution in [2.24, 2.45) is 0 Å². The van der Waals surface area contributed by atoms with Gasteiger partial charge in [0.2, 0.25) is 5.91 Å². The van der Waals surface area contributed by atoms with E-state index in [2.05, 4.69) is 0 Å². The molecular formula is C22H25ClN2O4S. The van der Waals surface area contributed by atoms with Gasteiger partial charge in [-0.2, -0.15) is 0 Å². The molecule has 0 aliphatic carbocycles. The largest absolute Gasteiger partial charge is 0.341 e. The molecule has 160 valence electrons. The molecular weight excluding hydrogens is 424 g/mol. The van der Waals surface area contributed by atoms with Crippen LogP contribution in [0.4, 0.5) is 0 Å². The number of nitrogens with zero attached hydrogens (tertiary/aromatic N) is 2. The van der Waals surface area contributed by atoms with Crippen LogP contribution in [0, 0.1) is 6.92 Å². The number of aryl methyl sites for hydroxylation is 1. The molecule has 30 heavy (non-hydrogen) atoms. The summed E-state index contributed by atoms with van der Waals surface area (Å²) in [6.07, 6.45) is 0.557. The minimum atomic E-state index is -3.51. The molecule has 6 nitrogen and oxygen atoms in total. The molecule has 8 heteroatoms. The van der Waals surface area contributed by atoms with E-state index in [9.17, 15) is 18.0 Å². The zero-order valence-electron chi connectivity index (χ0n) is 16.9. The Balaban J connectivity index is 1.57. The van der Waals surface area contributed by atoms with E-state index >= 15 is 0 Å². The fourth-order valence-corrected chi connectivity index (χ4v) is 4.86. The highest BCUT2D eigenvalue weighted by Crippen LogP contribution is 2.19. The fourth-order valence-electron chi connectivity index (χ4n) is 3.42. The lowest BCUT2D eigenvalue weighted by Crippen LogP contribution is -2.38. The topological polar surface area (TPSA) is 74.8 Å². The quantitative estimate of drug-likeness (QED) is 0.704. The normalized spacial score (nSPS) is 15.0. The van der Waals surface area contributed by atoms with E-state index in [1.807, 2.05) is 6.92 Å². The first kappa shape index (κ1) is 22.3. The molecule has 2 aromatic rings. The molecule has 1 aliphatic heterocycles. The molecule has 1 heterocycles. The Hall–Kier alpha value is -2.38. The van der Waals surface area contributed by atoms with Crippen LogP contribution in [0.3, 0.4) is 0 Å². The number of halogens is 1. The maximum Gasteiger partial charge on any atom is 0.255 e. The average Bonchev–Trinajstić information content (AvgIpc) is 2.99. The molecule has 0 atom stereocenters. The van der Waals surface area contributed by atoms with Crippen molar-refractivity contribution in [1.29, 1.82) is 0 Å². The highest BCUT2D eigenvalue weighted by atomic mass is 35.5. The SMILES string of the molecule is Cc1ccc(S(=O)(=O)CCC(=O)N2CCCN(C(=O)c3ccccc3Cl)CC2)cc1. The number of hydrogen-bond donors (Lipinski definition) is 0. The van der Waals surface area contributed by atoms with Gasteiger partial charge in [-0.15, -0.1) is 0 Å². The van der Waals surface area contributed by atoms with E-state index in [4.69, 9.17) is 11.6 Å². The van der Waals surface area contributed by atoms with E-state index in [0.717, 1.165) is 5.56 Å². The second-order valence-corrected chi connectivity index (χ2v) is 9.90. The van der Waals surface area contributed by atoms with Crippen molar-refractivity contribution in [2.75, 3.05) is 31.9 Å². The van der Waals surface area contributed by atoms with Crippen molar-refractivity contribution in [3.63, 3.8) is 0 Å². The Morgan fingerprint density at radius 3 is 2.27 bits per heavy atom. The van der Waals surface area contributed by atoms with E-state index < -0.39 is 9.84 Å². The molecule has 3 rings (SSSR count). The Kier molecular flexibility index (Phi) is 7.15. The summed E-state index contributed by atoms with van der Waals surface area (Å²) in [5.41, 5.74) is 1.42. The summed E-state index contributed by atoms with van der Waals surface area (Å²) in [6, 6.07) is 13.5. The summed E-state index contributed by atoms with van der Waals surface area (Å²) in [5, 5.41) is 0.404. The van der Waals surface area contributed by atoms with Crippen LogP contribution in [0.15, 0.2) is 53.4 Å². The first-order valence-corrected chi connectivity index (χ1v) is 11.9. The van der Waals surface area contributed by atoms with Crippen LogP contribution < -0.4 is 0 Å². The summed E-state index contributed by atoms with van der Waals surface area (Å²) >= 11 is 6.13. The van der Waals surface area contributed by atoms with Crippen molar-refractivity contribution in [3.8, 4) is 0 Å². The Morgan fingerprint density at radius 1 is 0.933 bits per heavy atom. The summed E-state index contributed by atoms with van der Waals surface area (Å²) in [4.78, 5) is 28.9. The van der Waals surface area contributed by atoms with Crippen molar-refractivity contribution in [2.45, 2.75) is 24.7 Å². The van der Waals surface area contributed by atoms with Crippen LogP contribution in [0.25, 0.3) is 0 Å². The van der Waals surface area contributed by atoms with Gasteiger partial charge in [-0.05, 0) is 37.6 Å². The molecule has 0 unspecified atom stereocenters. The van der Waals surface area contributed by atoms with Gasteiger partial charge in [0.1, 0.15) is 0 Å². The standard InChI is InChI=1S/C22H25ClN2O4S/c1-17-7-9-18(10-8-17)30(28,29)16-11-21(26)24-12-4-13-25(15-14-24)22(27)19-5-2-3-6-20(19)23/h2-3,5-10H,4,11-16H2,1H3. The van der Waals surface area contributed by atoms with E-state index in [1.165, 1.54) is 0 Å². The lowest BCUT2D eigenvalue weighted by Gasteiger charge is -2.22. The Labute approximate surface area is 182 Å². The lowest BCUT2D eigenvalue weighted by atomic mass is 10.2. The van der Waals surface area contributed by atoms with E-state index in [0.29, 0.717) is 43.2 Å². The lowest BCUT2D eigenvalue weighted by molar-refractivity contribution is -0.130. The zero-order chi connectivity index (χ0) is 21.7. The Bertz CT molecular complexity index is 1020. The molecule has 2 aromatic carbocycles. The van der Waals surface area contributed by atoms with Crippen LogP contribution in [-0.4, -0.2) is 62.0 Å². The molecule has 1 aliphatic rings. The van der Waals surface area contributed by atoms with Gasteiger partial charge in [0.25, 0.3) is 5.91 Å². The molecule has 0 N–H and O–H groups in total. The summed E-state index contributed by atoms with van der Waals surface area (Å²) in [7, 11) is -3.51. The number of sulfone groups is 1. The predicted molar refractivity (Wildman–Crippen MR) is 116 cm³/mol. The van der Waals surface area contributed by atoms with E-state index in [1.54, 1.807) is 58.3 Å². The average molecular weight is 449 g/mol. The van der Waals surface area contributed by atoms with Crippen LogP contribution in [0.1, 0.15) is 28.8 Å². The number of amides is 2. The molecule has 2 amide bonds. The van der Waals surface area contributed by atoms with Crippen LogP contribution >= 0.6 is 11.6 Å². The van der Waals surface area contributed by atoms with Gasteiger partial charge in [0, 0.05) is 32.6 Å². The third kappa shape index (κ3) is 5.40. The highest BCUT2D eigenvalue weighted by molar-refractivity contribution is 7.91. The number of benzene rings is 2. The smallest absolute Gasteiger partial charge is 0.255 e. The predicted octanol–water partition coefficient (Wildman–Crippen LogP) is 3.19. The van der Waals surface area contributed by atoms with Crippen molar-refractivity contribution < 1.29 is 18.0 Å². The van der Waals surface area contributed by atoms with Gasteiger partial charge in [-0.1, -0.05) is 41.4 Å². The number of rotatable bonds is 5. The maximum atomic E-state index is 12.7. The summed E-state index contributed by atoms with van der Waals surface area (Å²) in [5.74, 6) is -0.595. The molecule has 1 saturated heterocycles. The minimum Gasteiger partial charge on any atom is -0.341 e. The summed E-state index contributed by atoms with van der Waals surface area (Å²) in [6.45, 7) is 3.67. The van der Waals surface area contributed by atoms with Gasteiger partial charge in [-0.3, -0.25) is 9.59 Å². The van der Waals surface area contributed by atoms with Gasteiger partial charge >= 0.3 is 0 Å². The molecule has 0 radical (unpaired) electrons. The Morgan fingerprint density at radius 2 is 1.57 bits per heavy atom. The van der Waals surface area contributed by atoms with Crippen LogP contribution in [-0.2, 0) is 14.6 Å². The van der Waals surface area contributed by atoms with Gasteiger partial charge in [0.15, 0.2) is 9.84 Å². The third-order valence-electron chi connectivity index (χ3n) is 5.20. The third-order valence-corrected chi connectivity index (χ3v) is 7.27. The van der Waals surface area contributed by atoms with Gasteiger partial charge in [-0.25, -0.2) is 8.42 Å². The highest BCUT2D eigenvalue weighted by Gasteiger charge is 2.25. The number of hydrogen-bond acceptors (Lipinski definition) is 4. The molecule has 0 saturated carbocycles. The summed E-state index contributed by atoms with van der Waals surface area (Å²) < 4.78 is 25.0. The maximum absolute atomic E-state index is 12.7. The van der Waals surface area contributed by atoms with Gasteiger partial charge in [0.05, 0.1) is 21.2 Å². The molecule has 0 bridgehead atoms. The van der Waals surface area contributed by atoms with Crippen LogP contribution in [0.5, 0.6) is 0 Å². The van der Waals surface area contributed by atoms with Crippen molar-refractivity contribution >= 4 is 33.3 Å². The van der Waals surface area contributed by atoms with E-state index in [-0.39, 0.29) is 28.9 Å². The monoisotopic (exact) mass is 448 g/mol. The molecule has 0 spiro atoms. The molecule has 1 fully saturated rings. The number of carbonyl (C=O) groups excluding carboxylic acids is 2. The molecule has 0 aromatic heterocycles. The first-order valence-electron chi connectivity index (χ1n) is 9.89. The minimum absolute atomic E-state index is 0.0747. The zero-order valence-corrected chi connectivity index (χ0v) is 18.5.